The molecule has 0 saturated carbocycles. The lowest BCUT2D eigenvalue weighted by molar-refractivity contribution is -0.137. The molecular formula is C36H42Cl2F3N7O3Si. The number of nitriles is 1. The molecular weight excluding hydrogens is 734 g/mol. The number of alkyl halides is 3. The maximum absolute atomic E-state index is 14.6. The maximum Gasteiger partial charge on any atom is 0.418 e. The molecule has 0 radical (unpaired) electrons. The summed E-state index contributed by atoms with van der Waals surface area (Å²) in [6.07, 6.45) is -3.51. The van der Waals surface area contributed by atoms with E-state index in [1.807, 2.05) is 0 Å². The molecule has 1 fully saturated rings. The van der Waals surface area contributed by atoms with Crippen LogP contribution in [0.25, 0.3) is 11.0 Å². The number of imidazole rings is 1. The second kappa shape index (κ2) is 15.5. The van der Waals surface area contributed by atoms with Crippen molar-refractivity contribution in [2.75, 3.05) is 43.0 Å². The largest absolute Gasteiger partial charge is 0.444 e. The van der Waals surface area contributed by atoms with Gasteiger partial charge in [0.05, 0.1) is 23.1 Å². The SMILES string of the molecule is CC(C)(C)OC(=O)N1CCN(c2ccc(Nc3nc(Cc4c(Cl)cccc4Cl)c4ncn(COCC[Si](C)(C)C)c4c3C#N)cc2C(F)(F)F)CC1. The Morgan fingerprint density at radius 2 is 1.73 bits per heavy atom. The normalized spacial score (nSPS) is 14.1. The highest BCUT2D eigenvalue weighted by molar-refractivity contribution is 6.76. The summed E-state index contributed by atoms with van der Waals surface area (Å²) in [5, 5.41) is 14.3. The number of benzene rings is 2. The highest BCUT2D eigenvalue weighted by Crippen LogP contribution is 2.40. The fraction of sp³-hybridized carbons (Fsp3) is 0.444. The molecule has 1 saturated heterocycles. The number of hydrogen-bond donors (Lipinski definition) is 1. The quantitative estimate of drug-likeness (QED) is 0.125. The van der Waals surface area contributed by atoms with Crippen LogP contribution >= 0.6 is 23.2 Å². The molecule has 16 heteroatoms. The molecule has 52 heavy (non-hydrogen) atoms. The fourth-order valence-corrected chi connectivity index (χ4v) is 7.04. The summed E-state index contributed by atoms with van der Waals surface area (Å²) in [6, 6.07) is 12.2. The third-order valence-corrected chi connectivity index (χ3v) is 10.8. The lowest BCUT2D eigenvalue weighted by Crippen LogP contribution is -2.50. The van der Waals surface area contributed by atoms with Gasteiger partial charge >= 0.3 is 12.3 Å². The minimum absolute atomic E-state index is 0.0200. The fourth-order valence-electron chi connectivity index (χ4n) is 5.75. The van der Waals surface area contributed by atoms with Gasteiger partial charge < -0.3 is 29.2 Å². The highest BCUT2D eigenvalue weighted by Gasteiger charge is 2.37. The van der Waals surface area contributed by atoms with Crippen molar-refractivity contribution in [1.29, 1.82) is 5.26 Å². The van der Waals surface area contributed by atoms with Crippen molar-refractivity contribution in [2.24, 2.45) is 0 Å². The monoisotopic (exact) mass is 775 g/mol. The number of piperazine rings is 1. The molecule has 0 unspecified atom stereocenters. The van der Waals surface area contributed by atoms with E-state index < -0.39 is 31.5 Å². The van der Waals surface area contributed by atoms with Gasteiger partial charge in [0.2, 0.25) is 0 Å². The van der Waals surface area contributed by atoms with E-state index in [4.69, 9.17) is 37.7 Å². The molecule has 1 aliphatic heterocycles. The van der Waals surface area contributed by atoms with Crippen molar-refractivity contribution in [1.82, 2.24) is 19.4 Å². The van der Waals surface area contributed by atoms with Gasteiger partial charge in [-0.05, 0) is 62.7 Å². The first-order valence-corrected chi connectivity index (χ1v) is 21.3. The van der Waals surface area contributed by atoms with E-state index in [1.165, 1.54) is 17.0 Å². The Morgan fingerprint density at radius 3 is 2.33 bits per heavy atom. The Bertz CT molecular complexity index is 1960. The Morgan fingerprint density at radius 1 is 1.06 bits per heavy atom. The number of ether oxygens (including phenoxy) is 2. The number of halogens is 5. The van der Waals surface area contributed by atoms with E-state index in [-0.39, 0.29) is 62.1 Å². The van der Waals surface area contributed by atoms with Crippen LogP contribution in [0.4, 0.5) is 35.2 Å². The Hall–Kier alpha value is -4.03. The molecule has 0 aliphatic carbocycles. The summed E-state index contributed by atoms with van der Waals surface area (Å²) >= 11 is 13.0. The molecule has 0 spiro atoms. The topological polar surface area (TPSA) is 109 Å². The van der Waals surface area contributed by atoms with Gasteiger partial charge in [-0.15, -0.1) is 0 Å². The lowest BCUT2D eigenvalue weighted by atomic mass is 10.1. The van der Waals surface area contributed by atoms with Gasteiger partial charge in [-0.3, -0.25) is 0 Å². The van der Waals surface area contributed by atoms with Crippen molar-refractivity contribution in [2.45, 2.75) is 71.4 Å². The molecule has 3 heterocycles. The second-order valence-corrected chi connectivity index (χ2v) is 21.3. The van der Waals surface area contributed by atoms with Crippen LogP contribution in [-0.2, 0) is 28.8 Å². The van der Waals surface area contributed by atoms with Gasteiger partial charge in [0, 0.05) is 68.7 Å². The van der Waals surface area contributed by atoms with Crippen LogP contribution in [0, 0.1) is 11.3 Å². The van der Waals surface area contributed by atoms with E-state index in [0.717, 1.165) is 12.1 Å². The number of carbonyl (C=O) groups excluding carboxylic acids is 1. The van der Waals surface area contributed by atoms with Crippen molar-refractivity contribution in [3.63, 3.8) is 0 Å². The van der Waals surface area contributed by atoms with E-state index >= 15 is 0 Å². The minimum atomic E-state index is -4.71. The number of hydrogen-bond acceptors (Lipinski definition) is 8. The molecule has 5 rings (SSSR count). The molecule has 1 amide bonds. The number of rotatable bonds is 10. The molecule has 1 aliphatic rings. The number of pyridine rings is 1. The van der Waals surface area contributed by atoms with E-state index in [2.05, 4.69) is 36.0 Å². The second-order valence-electron chi connectivity index (χ2n) is 14.8. The van der Waals surface area contributed by atoms with Crippen molar-refractivity contribution in [3.8, 4) is 6.07 Å². The number of amides is 1. The van der Waals surface area contributed by atoms with Crippen molar-refractivity contribution < 1.29 is 27.4 Å². The number of anilines is 3. The average Bonchev–Trinajstić information content (AvgIpc) is 3.47. The number of nitrogens with zero attached hydrogens (tertiary/aromatic N) is 6. The summed E-state index contributed by atoms with van der Waals surface area (Å²) in [7, 11) is -1.37. The molecule has 278 valence electrons. The first-order valence-electron chi connectivity index (χ1n) is 16.8. The Balaban J connectivity index is 1.50. The number of fused-ring (bicyclic) bond motifs is 1. The van der Waals surface area contributed by atoms with Crippen LogP contribution in [0.15, 0.2) is 42.7 Å². The average molecular weight is 777 g/mol. The van der Waals surface area contributed by atoms with Crippen LogP contribution in [0.3, 0.4) is 0 Å². The maximum atomic E-state index is 14.6. The van der Waals surface area contributed by atoms with Crippen molar-refractivity contribution in [3.05, 3.63) is 75.2 Å². The molecule has 1 N–H and O–H groups in total. The first-order chi connectivity index (χ1) is 24.3. The third kappa shape index (κ3) is 9.49. The van der Waals surface area contributed by atoms with Crippen LogP contribution < -0.4 is 10.2 Å². The molecule has 4 aromatic rings. The zero-order chi connectivity index (χ0) is 38.0. The zero-order valence-electron chi connectivity index (χ0n) is 30.0. The summed E-state index contributed by atoms with van der Waals surface area (Å²) in [5.41, 5.74) is 0.436. The molecule has 10 nitrogen and oxygen atoms in total. The predicted molar refractivity (Wildman–Crippen MR) is 200 cm³/mol. The van der Waals surface area contributed by atoms with Crippen molar-refractivity contribution >= 4 is 65.6 Å². The Labute approximate surface area is 312 Å². The summed E-state index contributed by atoms with van der Waals surface area (Å²) in [4.78, 5) is 25.0. The van der Waals surface area contributed by atoms with E-state index in [1.54, 1.807) is 54.8 Å². The van der Waals surface area contributed by atoms with E-state index in [0.29, 0.717) is 38.9 Å². The molecule has 0 atom stereocenters. The standard InChI is InChI=1S/C36H42Cl2F3N7O3Si/c1-35(2,3)51-34(49)47-14-12-46(13-15-47)30-11-10-23(18-26(30)36(39,40)41)44-33-25(20-42)32-31(43-21-48(32)22-50-16-17-52(4,5)6)29(45-33)19-24-27(37)8-7-9-28(24)38/h7-11,18,21H,12-17,19,22H2,1-6H3,(H,44,45). The molecule has 2 aromatic carbocycles. The predicted octanol–water partition coefficient (Wildman–Crippen LogP) is 9.33. The zero-order valence-corrected chi connectivity index (χ0v) is 32.5. The smallest absolute Gasteiger partial charge is 0.418 e. The van der Waals surface area contributed by atoms with Gasteiger partial charge in [0.15, 0.2) is 5.82 Å². The number of nitrogens with one attached hydrogen (secondary N) is 1. The molecule has 2 aromatic heterocycles. The lowest BCUT2D eigenvalue weighted by Gasteiger charge is -2.37. The van der Waals surface area contributed by atoms with Gasteiger partial charge in [-0.2, -0.15) is 18.4 Å². The van der Waals surface area contributed by atoms with Gasteiger partial charge in [-0.1, -0.05) is 48.9 Å². The van der Waals surface area contributed by atoms with Gasteiger partial charge in [0.25, 0.3) is 0 Å². The number of carbonyl (C=O) groups is 1. The molecule has 0 bridgehead atoms. The minimum Gasteiger partial charge on any atom is -0.444 e. The van der Waals surface area contributed by atoms with Crippen LogP contribution in [0.1, 0.15) is 43.2 Å². The number of aromatic nitrogens is 3. The van der Waals surface area contributed by atoms with Gasteiger partial charge in [-0.25, -0.2) is 14.8 Å². The summed E-state index contributed by atoms with van der Waals surface area (Å²) < 4.78 is 57.0. The summed E-state index contributed by atoms with van der Waals surface area (Å²) in [5.74, 6) is 0.0453. The Kier molecular flexibility index (Phi) is 11.7. The first kappa shape index (κ1) is 39.2. The van der Waals surface area contributed by atoms with Gasteiger partial charge in [0.1, 0.15) is 29.5 Å². The van der Waals surface area contributed by atoms with Crippen LogP contribution in [0.5, 0.6) is 0 Å². The van der Waals surface area contributed by atoms with Crippen LogP contribution in [0.2, 0.25) is 35.7 Å². The van der Waals surface area contributed by atoms with E-state index in [9.17, 15) is 23.2 Å². The van der Waals surface area contributed by atoms with Crippen LogP contribution in [-0.4, -0.2) is 72.0 Å². The highest BCUT2D eigenvalue weighted by atomic mass is 35.5. The summed E-state index contributed by atoms with van der Waals surface area (Å²) in [6.45, 7) is 13.4. The third-order valence-electron chi connectivity index (χ3n) is 8.41.